The molecule has 3 atom stereocenters. The number of aliphatic carboxylic acids is 1. The highest BCUT2D eigenvalue weighted by atomic mass is 32.2. The summed E-state index contributed by atoms with van der Waals surface area (Å²) in [7, 11) is 1.99. The van der Waals surface area contributed by atoms with Crippen LogP contribution in [0.4, 0.5) is 5.13 Å². The number of nitrogens with one attached hydrogen (secondary N) is 2. The van der Waals surface area contributed by atoms with E-state index in [9.17, 15) is 19.5 Å². The number of fused-ring (bicyclic) bond motifs is 2. The Kier molecular flexibility index (Phi) is 10.7. The van der Waals surface area contributed by atoms with E-state index in [4.69, 9.17) is 9.82 Å². The fourth-order valence-corrected chi connectivity index (χ4v) is 11.3. The van der Waals surface area contributed by atoms with Crippen molar-refractivity contribution in [3.05, 3.63) is 148 Å². The van der Waals surface area contributed by atoms with Crippen molar-refractivity contribution >= 4 is 63.7 Å². The average Bonchev–Trinajstić information content (AvgIpc) is 4.10. The number of rotatable bonds is 13. The van der Waals surface area contributed by atoms with Crippen LogP contribution >= 0.6 is 35.1 Å². The Morgan fingerprint density at radius 3 is 2.25 bits per heavy atom. The molecule has 3 N–H and O–H groups in total. The summed E-state index contributed by atoms with van der Waals surface area (Å²) < 4.78 is 4.62. The molecule has 4 aliphatic heterocycles. The number of β-lactam (4-membered cyclic amide) rings is 1. The molecule has 1 aliphatic carbocycles. The van der Waals surface area contributed by atoms with Gasteiger partial charge in [0.1, 0.15) is 28.5 Å². The number of aromatic nitrogens is 2. The van der Waals surface area contributed by atoms with Gasteiger partial charge in [0.15, 0.2) is 0 Å². The molecule has 3 fully saturated rings. The van der Waals surface area contributed by atoms with Crippen molar-refractivity contribution in [3.63, 3.8) is 0 Å². The van der Waals surface area contributed by atoms with Crippen LogP contribution in [-0.2, 0) is 24.8 Å². The minimum Gasteiger partial charge on any atom is -0.481 e. The Morgan fingerprint density at radius 1 is 0.983 bits per heavy atom. The number of benzene rings is 3. The van der Waals surface area contributed by atoms with Gasteiger partial charge in [-0.3, -0.25) is 14.4 Å². The summed E-state index contributed by atoms with van der Waals surface area (Å²) in [6, 6.07) is 29.4. The number of carboxylic acid groups (broad SMARTS) is 1. The van der Waals surface area contributed by atoms with E-state index >= 15 is 0 Å². The van der Waals surface area contributed by atoms with Crippen molar-refractivity contribution in [3.8, 4) is 0 Å². The van der Waals surface area contributed by atoms with Crippen LogP contribution in [0, 0.1) is 5.41 Å². The summed E-state index contributed by atoms with van der Waals surface area (Å²) in [4.78, 5) is 57.2. The topological polar surface area (TPSA) is 153 Å². The van der Waals surface area contributed by atoms with E-state index in [0.29, 0.717) is 11.8 Å². The number of allylic oxidation sites excluding steroid dienone is 1. The number of carbonyl (C=O) groups excluding carboxylic acids is 2. The summed E-state index contributed by atoms with van der Waals surface area (Å²) >= 11 is 4.03. The Bertz CT molecular complexity index is 2250. The average molecular weight is 847 g/mol. The maximum absolute atomic E-state index is 14.2. The molecule has 5 aliphatic rings. The number of oxime groups is 1. The summed E-state index contributed by atoms with van der Waals surface area (Å²) in [5, 5.41) is 24.5. The first-order chi connectivity index (χ1) is 28.7. The number of hydrogen-bond donors (Lipinski definition) is 3. The predicted octanol–water partition coefficient (Wildman–Crippen LogP) is 6.22. The summed E-state index contributed by atoms with van der Waals surface area (Å²) in [5.41, 5.74) is 1.54. The number of anilines is 1. The molecule has 4 aromatic rings. The third kappa shape index (κ3) is 7.38. The zero-order chi connectivity index (χ0) is 40.6. The lowest BCUT2D eigenvalue weighted by Gasteiger charge is -2.53. The summed E-state index contributed by atoms with van der Waals surface area (Å²) in [6.07, 6.45) is 9.11. The number of carboxylic acids is 1. The summed E-state index contributed by atoms with van der Waals surface area (Å²) in [5.74, 6) is -1.73. The molecule has 302 valence electrons. The van der Waals surface area contributed by atoms with Gasteiger partial charge in [0.25, 0.3) is 5.91 Å². The highest BCUT2D eigenvalue weighted by molar-refractivity contribution is 8.06. The molecule has 3 aromatic carbocycles. The molecule has 16 heteroatoms. The fraction of sp³-hybridized carbons (Fsp3) is 0.302. The molecule has 2 saturated heterocycles. The molecule has 0 bridgehead atoms. The van der Waals surface area contributed by atoms with Gasteiger partial charge in [-0.2, -0.15) is 9.36 Å². The van der Waals surface area contributed by atoms with Gasteiger partial charge in [-0.05, 0) is 48.4 Å². The highest BCUT2D eigenvalue weighted by Crippen LogP contribution is 2.45. The van der Waals surface area contributed by atoms with E-state index in [1.165, 1.54) is 16.7 Å². The first-order valence-corrected chi connectivity index (χ1v) is 22.2. The van der Waals surface area contributed by atoms with Crippen LogP contribution in [0.5, 0.6) is 0 Å². The van der Waals surface area contributed by atoms with E-state index < -0.39 is 34.2 Å². The van der Waals surface area contributed by atoms with Crippen molar-refractivity contribution in [1.29, 1.82) is 0 Å². The Hall–Kier alpha value is -5.58. The molecule has 5 heterocycles. The smallest absolute Gasteiger partial charge is 0.316 e. The first kappa shape index (κ1) is 38.9. The van der Waals surface area contributed by atoms with Crippen LogP contribution in [-0.4, -0.2) is 96.2 Å². The SMILES string of the molecule is CN1C=C2SC=C(C=CC3(C(=O)O)CS[C@@H]4[C@H](NC(=O)C(=NOC5CCCC5)c5nsc(NC(c6ccccc6)(c6ccccc6)c6ccccc6)n5)C(=O)N4C3)N2C1. The minimum atomic E-state index is -1.29. The molecular weight excluding hydrogens is 805 g/mol. The third-order valence-corrected chi connectivity index (χ3v) is 14.4. The largest absolute Gasteiger partial charge is 0.481 e. The van der Waals surface area contributed by atoms with Crippen LogP contribution in [0.3, 0.4) is 0 Å². The van der Waals surface area contributed by atoms with Gasteiger partial charge in [-0.1, -0.05) is 114 Å². The van der Waals surface area contributed by atoms with Crippen molar-refractivity contribution in [1.82, 2.24) is 29.4 Å². The lowest BCUT2D eigenvalue weighted by atomic mass is 9.77. The van der Waals surface area contributed by atoms with Crippen molar-refractivity contribution < 1.29 is 24.3 Å². The molecule has 13 nitrogen and oxygen atoms in total. The van der Waals surface area contributed by atoms with Gasteiger partial charge < -0.3 is 35.3 Å². The molecule has 0 radical (unpaired) electrons. The predicted molar refractivity (Wildman–Crippen MR) is 230 cm³/mol. The molecule has 1 saturated carbocycles. The molecule has 2 amide bonds. The van der Waals surface area contributed by atoms with Crippen molar-refractivity contribution in [2.24, 2.45) is 10.6 Å². The molecule has 1 unspecified atom stereocenters. The van der Waals surface area contributed by atoms with E-state index in [0.717, 1.165) is 64.6 Å². The maximum Gasteiger partial charge on any atom is 0.316 e. The van der Waals surface area contributed by atoms with Gasteiger partial charge in [0.05, 0.1) is 11.7 Å². The lowest BCUT2D eigenvalue weighted by molar-refractivity contribution is -0.156. The standard InChI is InChI=1S/C43H42N8O5S3/c1-49-23-33-51(27-49)31(24-57-33)21-22-42(40(54)55)25-50-38(53)35(39(50)58-26-42)44-37(52)34(47-56-32-19-11-12-20-32)36-45-41(59-48-36)46-43(28-13-5-2-6-14-28,29-15-7-3-8-16-29)30-17-9-4-10-18-30/h2-10,13-18,21-24,32,35,39H,11-12,19-20,25-27H2,1H3,(H,44,52)(H,54,55)(H,45,46,48)/t35-,39-,42?/m1/s1. The number of carbonyl (C=O) groups is 3. The van der Waals surface area contributed by atoms with Crippen LogP contribution < -0.4 is 10.6 Å². The van der Waals surface area contributed by atoms with Crippen molar-refractivity contribution in [2.75, 3.05) is 31.3 Å². The van der Waals surface area contributed by atoms with E-state index in [2.05, 4.69) is 72.6 Å². The Balaban J connectivity index is 0.960. The zero-order valence-electron chi connectivity index (χ0n) is 32.1. The van der Waals surface area contributed by atoms with Crippen LogP contribution in [0.15, 0.2) is 131 Å². The van der Waals surface area contributed by atoms with E-state index in [1.807, 2.05) is 73.1 Å². The van der Waals surface area contributed by atoms with Crippen LogP contribution in [0.25, 0.3) is 0 Å². The van der Waals surface area contributed by atoms with Crippen LogP contribution in [0.1, 0.15) is 48.2 Å². The Labute approximate surface area is 354 Å². The molecule has 9 rings (SSSR count). The second kappa shape index (κ2) is 16.2. The van der Waals surface area contributed by atoms with E-state index in [1.54, 1.807) is 17.8 Å². The number of hydrogen-bond acceptors (Lipinski definition) is 13. The monoisotopic (exact) mass is 846 g/mol. The van der Waals surface area contributed by atoms with Gasteiger partial charge in [-0.25, -0.2) is 0 Å². The maximum atomic E-state index is 14.2. The second-order valence-corrected chi connectivity index (χ2v) is 18.0. The van der Waals surface area contributed by atoms with E-state index in [-0.39, 0.29) is 35.8 Å². The minimum absolute atomic E-state index is 0.00880. The normalized spacial score (nSPS) is 23.1. The van der Waals surface area contributed by atoms with Crippen molar-refractivity contribution in [2.45, 2.75) is 48.7 Å². The fourth-order valence-electron chi connectivity index (χ4n) is 8.18. The first-order valence-electron chi connectivity index (χ1n) is 19.5. The molecule has 59 heavy (non-hydrogen) atoms. The number of nitrogens with zero attached hydrogens (tertiary/aromatic N) is 6. The van der Waals surface area contributed by atoms with Gasteiger partial charge in [0, 0.05) is 48.2 Å². The highest BCUT2D eigenvalue weighted by Gasteiger charge is 2.57. The lowest BCUT2D eigenvalue weighted by Crippen LogP contribution is -2.73. The molecular formula is C43H42N8O5S3. The Morgan fingerprint density at radius 2 is 1.63 bits per heavy atom. The summed E-state index contributed by atoms with van der Waals surface area (Å²) in [6.45, 7) is 0.674. The third-order valence-electron chi connectivity index (χ3n) is 11.3. The zero-order valence-corrected chi connectivity index (χ0v) is 34.6. The quantitative estimate of drug-likeness (QED) is 0.0606. The van der Waals surface area contributed by atoms with Gasteiger partial charge >= 0.3 is 5.97 Å². The second-order valence-electron chi connectivity index (χ2n) is 15.2. The van der Waals surface area contributed by atoms with Gasteiger partial charge in [0.2, 0.25) is 22.6 Å². The number of thioether (sulfide) groups is 2. The van der Waals surface area contributed by atoms with Crippen LogP contribution in [0.2, 0.25) is 0 Å². The number of amides is 2. The molecule has 0 spiro atoms. The molecule has 1 aromatic heterocycles. The van der Waals surface area contributed by atoms with Gasteiger partial charge in [-0.15, -0.1) is 11.8 Å².